The van der Waals surface area contributed by atoms with E-state index in [-0.39, 0.29) is 0 Å². The van der Waals surface area contributed by atoms with Crippen molar-refractivity contribution in [1.82, 2.24) is 15.5 Å². The number of nitrogens with zero attached hydrogens (tertiary/aromatic N) is 2. The molecule has 0 atom stereocenters. The molecule has 0 spiro atoms. The van der Waals surface area contributed by atoms with Crippen molar-refractivity contribution >= 4 is 0 Å². The third kappa shape index (κ3) is 3.02. The minimum Gasteiger partial charge on any atom is -0.425 e. The van der Waals surface area contributed by atoms with Crippen LogP contribution in [0.5, 0.6) is 0 Å². The third-order valence-corrected chi connectivity index (χ3v) is 2.96. The molecule has 1 heterocycles. The van der Waals surface area contributed by atoms with Crippen molar-refractivity contribution in [2.45, 2.75) is 39.0 Å². The highest BCUT2D eigenvalue weighted by atomic mass is 16.4. The van der Waals surface area contributed by atoms with Gasteiger partial charge in [-0.1, -0.05) is 13.3 Å². The molecule has 1 saturated carbocycles. The van der Waals surface area contributed by atoms with Gasteiger partial charge in [0.25, 0.3) is 0 Å². The molecule has 1 aromatic rings. The molecule has 4 nitrogen and oxygen atoms in total. The van der Waals surface area contributed by atoms with E-state index in [0.717, 1.165) is 43.6 Å². The highest BCUT2D eigenvalue weighted by Crippen LogP contribution is 2.29. The van der Waals surface area contributed by atoms with Gasteiger partial charge in [0, 0.05) is 19.4 Å². The maximum atomic E-state index is 5.57. The maximum absolute atomic E-state index is 5.57. The summed E-state index contributed by atoms with van der Waals surface area (Å²) < 4.78 is 5.57. The normalized spacial score (nSPS) is 16.6. The number of likely N-dealkylation sites (N-methyl/N-ethyl adjacent to an activating group) is 1. The molecule has 1 fully saturated rings. The second kappa shape index (κ2) is 5.26. The molecule has 4 heteroatoms. The van der Waals surface area contributed by atoms with E-state index in [4.69, 9.17) is 4.42 Å². The van der Waals surface area contributed by atoms with Crippen LogP contribution in [0, 0.1) is 5.92 Å². The molecule has 0 aliphatic heterocycles. The van der Waals surface area contributed by atoms with Crippen molar-refractivity contribution < 1.29 is 4.42 Å². The van der Waals surface area contributed by atoms with E-state index in [1.54, 1.807) is 0 Å². The lowest BCUT2D eigenvalue weighted by atomic mass is 9.83. The molecule has 2 rings (SSSR count). The van der Waals surface area contributed by atoms with E-state index in [1.807, 2.05) is 0 Å². The van der Waals surface area contributed by atoms with Crippen molar-refractivity contribution in [2.24, 2.45) is 5.92 Å². The van der Waals surface area contributed by atoms with Crippen LogP contribution in [0.15, 0.2) is 4.42 Å². The second-order valence-electron chi connectivity index (χ2n) is 4.19. The van der Waals surface area contributed by atoms with Gasteiger partial charge in [0.15, 0.2) is 0 Å². The predicted octanol–water partition coefficient (Wildman–Crippen LogP) is 1.56. The second-order valence-corrected chi connectivity index (χ2v) is 4.19. The molecule has 84 valence electrons. The van der Waals surface area contributed by atoms with E-state index >= 15 is 0 Å². The minimum atomic E-state index is 0.769. The fourth-order valence-electron chi connectivity index (χ4n) is 1.79. The van der Waals surface area contributed by atoms with Crippen molar-refractivity contribution in [3.05, 3.63) is 11.8 Å². The van der Waals surface area contributed by atoms with Crippen LogP contribution in [0.2, 0.25) is 0 Å². The Hall–Kier alpha value is -0.900. The Bertz CT molecular complexity index is 294. The van der Waals surface area contributed by atoms with E-state index in [1.165, 1.54) is 19.3 Å². The van der Waals surface area contributed by atoms with Gasteiger partial charge in [-0.05, 0) is 25.3 Å². The molecule has 0 radical (unpaired) electrons. The fourth-order valence-corrected chi connectivity index (χ4v) is 1.79. The van der Waals surface area contributed by atoms with Crippen LogP contribution in [0.4, 0.5) is 0 Å². The van der Waals surface area contributed by atoms with Crippen LogP contribution in [0.25, 0.3) is 0 Å². The molecular weight excluding hydrogens is 190 g/mol. The van der Waals surface area contributed by atoms with Crippen molar-refractivity contribution in [1.29, 1.82) is 0 Å². The van der Waals surface area contributed by atoms with Crippen LogP contribution in [-0.2, 0) is 12.8 Å². The highest BCUT2D eigenvalue weighted by molar-refractivity contribution is 4.87. The van der Waals surface area contributed by atoms with Crippen molar-refractivity contribution in [2.75, 3.05) is 13.1 Å². The number of nitrogens with one attached hydrogen (secondary N) is 1. The molecule has 0 saturated heterocycles. The minimum absolute atomic E-state index is 0.769. The van der Waals surface area contributed by atoms with Gasteiger partial charge in [-0.3, -0.25) is 0 Å². The molecule has 1 aromatic heterocycles. The maximum Gasteiger partial charge on any atom is 0.217 e. The molecule has 0 bridgehead atoms. The van der Waals surface area contributed by atoms with Crippen molar-refractivity contribution in [3.63, 3.8) is 0 Å². The predicted molar refractivity (Wildman–Crippen MR) is 57.6 cm³/mol. The van der Waals surface area contributed by atoms with E-state index in [0.29, 0.717) is 0 Å². The van der Waals surface area contributed by atoms with Crippen LogP contribution < -0.4 is 5.32 Å². The fraction of sp³-hybridized carbons (Fsp3) is 0.818. The summed E-state index contributed by atoms with van der Waals surface area (Å²) in [5.41, 5.74) is 0. The first kappa shape index (κ1) is 10.6. The summed E-state index contributed by atoms with van der Waals surface area (Å²) in [5, 5.41) is 11.4. The molecule has 0 aromatic carbocycles. The average molecular weight is 209 g/mol. The smallest absolute Gasteiger partial charge is 0.217 e. The van der Waals surface area contributed by atoms with Gasteiger partial charge in [-0.2, -0.15) is 0 Å². The van der Waals surface area contributed by atoms with Gasteiger partial charge < -0.3 is 9.73 Å². The summed E-state index contributed by atoms with van der Waals surface area (Å²) in [6, 6.07) is 0. The number of rotatable bonds is 6. The van der Waals surface area contributed by atoms with Crippen LogP contribution in [0.3, 0.4) is 0 Å². The Morgan fingerprint density at radius 3 is 2.80 bits per heavy atom. The quantitative estimate of drug-likeness (QED) is 0.722. The first-order chi connectivity index (χ1) is 7.38. The zero-order valence-electron chi connectivity index (χ0n) is 9.33. The lowest BCUT2D eigenvalue weighted by molar-refractivity contribution is 0.287. The van der Waals surface area contributed by atoms with Crippen LogP contribution >= 0.6 is 0 Å². The highest BCUT2D eigenvalue weighted by Gasteiger charge is 2.20. The third-order valence-electron chi connectivity index (χ3n) is 2.96. The summed E-state index contributed by atoms with van der Waals surface area (Å²) in [7, 11) is 0. The Kier molecular flexibility index (Phi) is 3.72. The Labute approximate surface area is 90.5 Å². The Balaban J connectivity index is 1.75. The van der Waals surface area contributed by atoms with Gasteiger partial charge in [-0.25, -0.2) is 0 Å². The lowest BCUT2D eigenvalue weighted by Crippen LogP contribution is -2.16. The summed E-state index contributed by atoms with van der Waals surface area (Å²) in [5.74, 6) is 2.39. The summed E-state index contributed by atoms with van der Waals surface area (Å²) in [6.45, 7) is 4.00. The monoisotopic (exact) mass is 209 g/mol. The Morgan fingerprint density at radius 2 is 2.13 bits per heavy atom. The molecule has 1 aliphatic rings. The van der Waals surface area contributed by atoms with E-state index in [9.17, 15) is 0 Å². The molecule has 0 unspecified atom stereocenters. The molecule has 15 heavy (non-hydrogen) atoms. The largest absolute Gasteiger partial charge is 0.425 e. The SMILES string of the molecule is CCNCCc1nnc(CC2CCC2)o1. The number of hydrogen-bond acceptors (Lipinski definition) is 4. The number of hydrogen-bond donors (Lipinski definition) is 1. The number of aromatic nitrogens is 2. The van der Waals surface area contributed by atoms with Crippen LogP contribution in [0.1, 0.15) is 38.0 Å². The van der Waals surface area contributed by atoms with Crippen molar-refractivity contribution in [3.8, 4) is 0 Å². The topological polar surface area (TPSA) is 51.0 Å². The molecule has 1 N–H and O–H groups in total. The van der Waals surface area contributed by atoms with E-state index in [2.05, 4.69) is 22.4 Å². The molecular formula is C11H19N3O. The summed E-state index contributed by atoms with van der Waals surface area (Å²) in [4.78, 5) is 0. The summed E-state index contributed by atoms with van der Waals surface area (Å²) >= 11 is 0. The van der Waals surface area contributed by atoms with Gasteiger partial charge in [0.1, 0.15) is 0 Å². The zero-order valence-corrected chi connectivity index (χ0v) is 9.33. The first-order valence-electron chi connectivity index (χ1n) is 5.90. The molecule has 1 aliphatic carbocycles. The van der Waals surface area contributed by atoms with Crippen LogP contribution in [-0.4, -0.2) is 23.3 Å². The first-order valence-corrected chi connectivity index (χ1v) is 5.90. The Morgan fingerprint density at radius 1 is 1.33 bits per heavy atom. The summed E-state index contributed by atoms with van der Waals surface area (Å²) in [6.07, 6.45) is 5.84. The van der Waals surface area contributed by atoms with Gasteiger partial charge >= 0.3 is 0 Å². The molecule has 0 amide bonds. The lowest BCUT2D eigenvalue weighted by Gasteiger charge is -2.23. The van der Waals surface area contributed by atoms with Gasteiger partial charge in [-0.15, -0.1) is 10.2 Å². The average Bonchev–Trinajstić information content (AvgIpc) is 2.60. The van der Waals surface area contributed by atoms with E-state index < -0.39 is 0 Å². The standard InChI is InChI=1S/C11H19N3O/c1-2-12-7-6-10-13-14-11(15-10)8-9-4-3-5-9/h9,12H,2-8H2,1H3. The van der Waals surface area contributed by atoms with Gasteiger partial charge in [0.05, 0.1) is 0 Å². The zero-order chi connectivity index (χ0) is 10.5. The van der Waals surface area contributed by atoms with Gasteiger partial charge in [0.2, 0.25) is 11.8 Å².